The van der Waals surface area contributed by atoms with Gasteiger partial charge < -0.3 is 10.1 Å². The van der Waals surface area contributed by atoms with E-state index < -0.39 is 32.2 Å². The van der Waals surface area contributed by atoms with E-state index in [0.29, 0.717) is 11.8 Å². The summed E-state index contributed by atoms with van der Waals surface area (Å²) in [5.41, 5.74) is -0.622. The lowest BCUT2D eigenvalue weighted by Crippen LogP contribution is -2.45. The number of amides is 1. The van der Waals surface area contributed by atoms with Crippen molar-refractivity contribution in [1.82, 2.24) is 0 Å². The molecule has 3 rings (SSSR count). The number of anilines is 2. The first-order valence-electron chi connectivity index (χ1n) is 7.21. The molecular weight excluding hydrogens is 354 g/mol. The molecule has 0 aliphatic carbocycles. The van der Waals surface area contributed by atoms with Crippen LogP contribution in [0.15, 0.2) is 41.3 Å². The molecule has 0 bridgehead atoms. The van der Waals surface area contributed by atoms with Crippen LogP contribution in [0.1, 0.15) is 13.8 Å². The van der Waals surface area contributed by atoms with Gasteiger partial charge in [-0.25, -0.2) is 17.2 Å². The molecular formula is C16H14F2N2O4S. The van der Waals surface area contributed by atoms with Crippen molar-refractivity contribution in [2.24, 2.45) is 0 Å². The van der Waals surface area contributed by atoms with Gasteiger partial charge in [0, 0.05) is 12.1 Å². The number of hydrogen-bond donors (Lipinski definition) is 2. The summed E-state index contributed by atoms with van der Waals surface area (Å²) in [6.45, 7) is 3.13. The van der Waals surface area contributed by atoms with E-state index in [-0.39, 0.29) is 17.3 Å². The molecule has 25 heavy (non-hydrogen) atoms. The second-order valence-electron chi connectivity index (χ2n) is 5.96. The molecule has 0 aromatic heterocycles. The first-order chi connectivity index (χ1) is 11.6. The van der Waals surface area contributed by atoms with E-state index in [4.69, 9.17) is 4.74 Å². The van der Waals surface area contributed by atoms with Gasteiger partial charge >= 0.3 is 0 Å². The molecule has 0 unspecified atom stereocenters. The lowest BCUT2D eigenvalue weighted by atomic mass is 10.1. The van der Waals surface area contributed by atoms with E-state index in [1.165, 1.54) is 18.2 Å². The van der Waals surface area contributed by atoms with Crippen LogP contribution in [0, 0.1) is 11.6 Å². The zero-order valence-electron chi connectivity index (χ0n) is 13.3. The standard InChI is InChI=1S/C16H14F2N2O4S/c1-16(2)15(21)19-12-5-4-10(8-13(12)24-16)20-25(22,23)14-6-3-9(17)7-11(14)18/h3-8,20H,1-2H3,(H,19,21). The maximum Gasteiger partial charge on any atom is 0.268 e. The van der Waals surface area contributed by atoms with Crippen LogP contribution in [0.4, 0.5) is 20.2 Å². The lowest BCUT2D eigenvalue weighted by Gasteiger charge is -2.31. The summed E-state index contributed by atoms with van der Waals surface area (Å²) >= 11 is 0. The Kier molecular flexibility index (Phi) is 3.91. The van der Waals surface area contributed by atoms with Crippen molar-refractivity contribution in [3.05, 3.63) is 48.0 Å². The molecule has 0 fully saturated rings. The van der Waals surface area contributed by atoms with Crippen molar-refractivity contribution in [2.45, 2.75) is 24.3 Å². The molecule has 2 aromatic rings. The van der Waals surface area contributed by atoms with Gasteiger partial charge in [-0.1, -0.05) is 0 Å². The van der Waals surface area contributed by atoms with E-state index >= 15 is 0 Å². The van der Waals surface area contributed by atoms with E-state index in [9.17, 15) is 22.0 Å². The number of hydrogen-bond acceptors (Lipinski definition) is 4. The van der Waals surface area contributed by atoms with Crippen LogP contribution < -0.4 is 14.8 Å². The van der Waals surface area contributed by atoms with Crippen LogP contribution in [0.3, 0.4) is 0 Å². The maximum absolute atomic E-state index is 13.7. The number of ether oxygens (including phenoxy) is 1. The monoisotopic (exact) mass is 368 g/mol. The minimum Gasteiger partial charge on any atom is -0.476 e. The van der Waals surface area contributed by atoms with Gasteiger partial charge in [-0.3, -0.25) is 9.52 Å². The van der Waals surface area contributed by atoms with Crippen LogP contribution in [-0.4, -0.2) is 19.9 Å². The van der Waals surface area contributed by atoms with Crippen molar-refractivity contribution in [1.29, 1.82) is 0 Å². The largest absolute Gasteiger partial charge is 0.476 e. The van der Waals surface area contributed by atoms with E-state index in [2.05, 4.69) is 10.0 Å². The molecule has 0 saturated heterocycles. The predicted octanol–water partition coefficient (Wildman–Crippen LogP) is 2.88. The smallest absolute Gasteiger partial charge is 0.268 e. The van der Waals surface area contributed by atoms with E-state index in [0.717, 1.165) is 12.1 Å². The topological polar surface area (TPSA) is 84.5 Å². The third-order valence-electron chi connectivity index (χ3n) is 3.58. The molecule has 1 amide bonds. The quantitative estimate of drug-likeness (QED) is 0.873. The van der Waals surface area contributed by atoms with Crippen LogP contribution in [0.5, 0.6) is 5.75 Å². The zero-order valence-corrected chi connectivity index (χ0v) is 14.1. The number of rotatable bonds is 3. The number of fused-ring (bicyclic) bond motifs is 1. The molecule has 132 valence electrons. The highest BCUT2D eigenvalue weighted by Gasteiger charge is 2.35. The van der Waals surface area contributed by atoms with Crippen molar-refractivity contribution < 1.29 is 26.7 Å². The van der Waals surface area contributed by atoms with Crippen LogP contribution in [-0.2, 0) is 14.8 Å². The lowest BCUT2D eigenvalue weighted by molar-refractivity contribution is -0.129. The number of carbonyl (C=O) groups excluding carboxylic acids is 1. The highest BCUT2D eigenvalue weighted by molar-refractivity contribution is 7.92. The average molecular weight is 368 g/mol. The van der Waals surface area contributed by atoms with Crippen LogP contribution in [0.25, 0.3) is 0 Å². The van der Waals surface area contributed by atoms with Gasteiger partial charge in [-0.15, -0.1) is 0 Å². The van der Waals surface area contributed by atoms with E-state index in [1.807, 2.05) is 0 Å². The summed E-state index contributed by atoms with van der Waals surface area (Å²) in [7, 11) is -4.26. The van der Waals surface area contributed by atoms with Gasteiger partial charge in [0.2, 0.25) is 0 Å². The fraction of sp³-hybridized carbons (Fsp3) is 0.188. The van der Waals surface area contributed by atoms with Crippen molar-refractivity contribution in [2.75, 3.05) is 10.0 Å². The summed E-state index contributed by atoms with van der Waals surface area (Å²) < 4.78 is 59.0. The second-order valence-corrected chi connectivity index (χ2v) is 7.61. The van der Waals surface area contributed by atoms with Crippen LogP contribution in [0.2, 0.25) is 0 Å². The van der Waals surface area contributed by atoms with Gasteiger partial charge in [0.15, 0.2) is 5.60 Å². The van der Waals surface area contributed by atoms with Crippen molar-refractivity contribution in [3.63, 3.8) is 0 Å². The Bertz CT molecular complexity index is 974. The third-order valence-corrected chi connectivity index (χ3v) is 4.99. The first kappa shape index (κ1) is 17.2. The molecule has 1 heterocycles. The van der Waals surface area contributed by atoms with E-state index in [1.54, 1.807) is 13.8 Å². The molecule has 0 atom stereocenters. The Hall–Kier alpha value is -2.68. The number of halogens is 2. The summed E-state index contributed by atoms with van der Waals surface area (Å²) in [5, 5.41) is 2.64. The summed E-state index contributed by atoms with van der Waals surface area (Å²) in [6.07, 6.45) is 0. The minimum atomic E-state index is -4.26. The molecule has 0 saturated carbocycles. The zero-order chi connectivity index (χ0) is 18.4. The Morgan fingerprint density at radius 2 is 1.84 bits per heavy atom. The van der Waals surface area contributed by atoms with Crippen molar-refractivity contribution >= 4 is 27.3 Å². The molecule has 2 N–H and O–H groups in total. The molecule has 0 radical (unpaired) electrons. The van der Waals surface area contributed by atoms with Crippen molar-refractivity contribution in [3.8, 4) is 5.75 Å². The first-order valence-corrected chi connectivity index (χ1v) is 8.69. The maximum atomic E-state index is 13.7. The molecule has 0 spiro atoms. The number of carbonyl (C=O) groups is 1. The number of sulfonamides is 1. The van der Waals surface area contributed by atoms with Gasteiger partial charge in [0.05, 0.1) is 11.4 Å². The normalized spacial score (nSPS) is 15.8. The average Bonchev–Trinajstić information content (AvgIpc) is 2.47. The molecule has 6 nitrogen and oxygen atoms in total. The summed E-state index contributed by atoms with van der Waals surface area (Å²) in [4.78, 5) is 11.1. The highest BCUT2D eigenvalue weighted by atomic mass is 32.2. The van der Waals surface area contributed by atoms with Gasteiger partial charge in [0.25, 0.3) is 15.9 Å². The number of benzene rings is 2. The van der Waals surface area contributed by atoms with Crippen LogP contribution >= 0.6 is 0 Å². The Morgan fingerprint density at radius 1 is 1.12 bits per heavy atom. The Balaban J connectivity index is 1.92. The molecule has 2 aromatic carbocycles. The Morgan fingerprint density at radius 3 is 2.52 bits per heavy atom. The summed E-state index contributed by atoms with van der Waals surface area (Å²) in [5.74, 6) is -2.14. The molecule has 1 aliphatic heterocycles. The third kappa shape index (κ3) is 3.27. The fourth-order valence-electron chi connectivity index (χ4n) is 2.27. The highest BCUT2D eigenvalue weighted by Crippen LogP contribution is 2.36. The molecule has 1 aliphatic rings. The van der Waals surface area contributed by atoms with Gasteiger partial charge in [-0.05, 0) is 38.1 Å². The fourth-order valence-corrected chi connectivity index (χ4v) is 3.38. The summed E-state index contributed by atoms with van der Waals surface area (Å²) in [6, 6.07) is 6.40. The second kappa shape index (κ2) is 5.69. The Labute approximate surface area is 142 Å². The van der Waals surface area contributed by atoms with Gasteiger partial charge in [0.1, 0.15) is 22.3 Å². The SMILES string of the molecule is CC1(C)Oc2cc(NS(=O)(=O)c3ccc(F)cc3F)ccc2NC1=O. The predicted molar refractivity (Wildman–Crippen MR) is 86.9 cm³/mol. The molecule has 9 heteroatoms. The minimum absolute atomic E-state index is 0.106. The number of nitrogens with one attached hydrogen (secondary N) is 2. The van der Waals surface area contributed by atoms with Gasteiger partial charge in [-0.2, -0.15) is 0 Å².